The van der Waals surface area contributed by atoms with Crippen molar-refractivity contribution in [2.75, 3.05) is 14.2 Å². The lowest BCUT2D eigenvalue weighted by atomic mass is 10.1. The topological polar surface area (TPSA) is 98.8 Å². The van der Waals surface area contributed by atoms with E-state index in [1.165, 1.54) is 6.92 Å². The third kappa shape index (κ3) is 4.27. The summed E-state index contributed by atoms with van der Waals surface area (Å²) in [5.41, 5.74) is 0.407. The lowest BCUT2D eigenvalue weighted by Crippen LogP contribution is -2.42. The predicted molar refractivity (Wildman–Crippen MR) is 74.7 cm³/mol. The molecule has 116 valence electrons. The lowest BCUT2D eigenvalue weighted by Gasteiger charge is -2.19. The minimum absolute atomic E-state index is 0.407. The van der Waals surface area contributed by atoms with E-state index in [1.807, 2.05) is 0 Å². The fourth-order valence-electron chi connectivity index (χ4n) is 1.57. The molecule has 1 aromatic rings. The Labute approximate surface area is 123 Å². The van der Waals surface area contributed by atoms with Gasteiger partial charge in [0.2, 0.25) is 10.0 Å². The van der Waals surface area contributed by atoms with Crippen LogP contribution in [0.3, 0.4) is 0 Å². The first-order valence-electron chi connectivity index (χ1n) is 6.05. The van der Waals surface area contributed by atoms with Crippen molar-refractivity contribution in [2.45, 2.75) is 18.2 Å². The molecule has 0 aliphatic heterocycles. The van der Waals surface area contributed by atoms with Gasteiger partial charge in [-0.1, -0.05) is 30.3 Å². The first-order chi connectivity index (χ1) is 9.83. The van der Waals surface area contributed by atoms with E-state index in [9.17, 15) is 18.0 Å². The van der Waals surface area contributed by atoms with Crippen LogP contribution in [0.25, 0.3) is 0 Å². The van der Waals surface area contributed by atoms with Crippen molar-refractivity contribution >= 4 is 22.0 Å². The number of hydrogen-bond donors (Lipinski definition) is 1. The van der Waals surface area contributed by atoms with Crippen molar-refractivity contribution in [1.82, 2.24) is 4.72 Å². The molecule has 1 aromatic carbocycles. The summed E-state index contributed by atoms with van der Waals surface area (Å²) in [4.78, 5) is 23.1. The molecule has 0 spiro atoms. The number of carbonyl (C=O) groups excluding carboxylic acids is 2. The van der Waals surface area contributed by atoms with Gasteiger partial charge >= 0.3 is 11.9 Å². The minimum Gasteiger partial charge on any atom is -0.468 e. The zero-order valence-electron chi connectivity index (χ0n) is 11.9. The van der Waals surface area contributed by atoms with Gasteiger partial charge in [0.15, 0.2) is 5.25 Å². The van der Waals surface area contributed by atoms with E-state index in [0.29, 0.717) is 5.56 Å². The number of carbonyl (C=O) groups is 2. The molecule has 0 aromatic heterocycles. The van der Waals surface area contributed by atoms with Crippen molar-refractivity contribution in [3.8, 4) is 0 Å². The molecule has 0 aliphatic rings. The van der Waals surface area contributed by atoms with Crippen LogP contribution in [0.15, 0.2) is 30.3 Å². The zero-order chi connectivity index (χ0) is 16.0. The van der Waals surface area contributed by atoms with Gasteiger partial charge in [0, 0.05) is 0 Å². The molecule has 21 heavy (non-hydrogen) atoms. The van der Waals surface area contributed by atoms with Crippen molar-refractivity contribution in [3.63, 3.8) is 0 Å². The summed E-state index contributed by atoms with van der Waals surface area (Å²) in [6, 6.07) is 6.96. The SMILES string of the molecule is COC(=O)C(NS(=O)(=O)C(C)C(=O)OC)c1ccccc1. The minimum atomic E-state index is -4.10. The second-order valence-electron chi connectivity index (χ2n) is 4.20. The molecule has 0 fully saturated rings. The van der Waals surface area contributed by atoms with Gasteiger partial charge < -0.3 is 9.47 Å². The largest absolute Gasteiger partial charge is 0.468 e. The fourth-order valence-corrected chi connectivity index (χ4v) is 2.69. The number of sulfonamides is 1. The summed E-state index contributed by atoms with van der Waals surface area (Å²) in [6.07, 6.45) is 0. The van der Waals surface area contributed by atoms with Crippen LogP contribution in [-0.4, -0.2) is 39.8 Å². The van der Waals surface area contributed by atoms with Gasteiger partial charge in [0.05, 0.1) is 14.2 Å². The highest BCUT2D eigenvalue weighted by Crippen LogP contribution is 2.17. The Morgan fingerprint density at radius 3 is 2.05 bits per heavy atom. The average molecular weight is 315 g/mol. The lowest BCUT2D eigenvalue weighted by molar-refractivity contribution is -0.143. The maximum absolute atomic E-state index is 12.1. The molecule has 7 nitrogen and oxygen atoms in total. The standard InChI is InChI=1S/C13H17NO6S/c1-9(12(15)19-2)21(17,18)14-11(13(16)20-3)10-7-5-4-6-8-10/h4-9,11,14H,1-3H3. The monoisotopic (exact) mass is 315 g/mol. The molecule has 1 N–H and O–H groups in total. The number of hydrogen-bond acceptors (Lipinski definition) is 6. The molecule has 2 atom stereocenters. The van der Waals surface area contributed by atoms with Crippen LogP contribution in [0.5, 0.6) is 0 Å². The fraction of sp³-hybridized carbons (Fsp3) is 0.385. The number of benzene rings is 1. The molecule has 0 amide bonds. The van der Waals surface area contributed by atoms with E-state index < -0.39 is 33.3 Å². The third-order valence-electron chi connectivity index (χ3n) is 2.85. The second-order valence-corrected chi connectivity index (χ2v) is 6.23. The van der Waals surface area contributed by atoms with E-state index >= 15 is 0 Å². The molecule has 0 heterocycles. The normalized spacial score (nSPS) is 14.0. The molecular weight excluding hydrogens is 298 g/mol. The summed E-state index contributed by atoms with van der Waals surface area (Å²) in [5.74, 6) is -1.69. The summed E-state index contributed by atoms with van der Waals surface area (Å²) >= 11 is 0. The van der Waals surface area contributed by atoms with Gasteiger partial charge in [-0.25, -0.2) is 13.2 Å². The van der Waals surface area contributed by atoms with Crippen LogP contribution >= 0.6 is 0 Å². The molecule has 1 rings (SSSR count). The summed E-state index contributed by atoms with van der Waals surface area (Å²) in [5, 5.41) is -1.45. The highest BCUT2D eigenvalue weighted by Gasteiger charge is 2.34. The van der Waals surface area contributed by atoms with E-state index in [4.69, 9.17) is 0 Å². The molecule has 0 aliphatic carbocycles. The van der Waals surface area contributed by atoms with Gasteiger partial charge in [-0.15, -0.1) is 0 Å². The quantitative estimate of drug-likeness (QED) is 0.762. The maximum atomic E-state index is 12.1. The number of methoxy groups -OCH3 is 2. The maximum Gasteiger partial charge on any atom is 0.328 e. The third-order valence-corrected chi connectivity index (χ3v) is 4.54. The first kappa shape index (κ1) is 17.1. The second kappa shape index (κ2) is 7.19. The molecule has 0 radical (unpaired) electrons. The average Bonchev–Trinajstić information content (AvgIpc) is 2.51. The van der Waals surface area contributed by atoms with Crippen molar-refractivity contribution < 1.29 is 27.5 Å². The van der Waals surface area contributed by atoms with Gasteiger partial charge in [-0.3, -0.25) is 4.79 Å². The molecule has 0 saturated heterocycles. The van der Waals surface area contributed by atoms with E-state index in [1.54, 1.807) is 30.3 Å². The first-order valence-corrected chi connectivity index (χ1v) is 7.60. The molecular formula is C13H17NO6S. The predicted octanol–water partition coefficient (Wildman–Crippen LogP) is 0.382. The highest BCUT2D eigenvalue weighted by molar-refractivity contribution is 7.90. The van der Waals surface area contributed by atoms with Crippen LogP contribution in [0, 0.1) is 0 Å². The number of esters is 2. The van der Waals surface area contributed by atoms with Crippen LogP contribution < -0.4 is 4.72 Å². The zero-order valence-corrected chi connectivity index (χ0v) is 12.7. The molecule has 2 unspecified atom stereocenters. The van der Waals surface area contributed by atoms with E-state index in [-0.39, 0.29) is 0 Å². The van der Waals surface area contributed by atoms with Crippen LogP contribution in [0.2, 0.25) is 0 Å². The van der Waals surface area contributed by atoms with Crippen LogP contribution in [0.1, 0.15) is 18.5 Å². The Morgan fingerprint density at radius 2 is 1.57 bits per heavy atom. The van der Waals surface area contributed by atoms with Gasteiger partial charge in [-0.05, 0) is 12.5 Å². The van der Waals surface area contributed by atoms with Crippen molar-refractivity contribution in [1.29, 1.82) is 0 Å². The van der Waals surface area contributed by atoms with Crippen molar-refractivity contribution in [3.05, 3.63) is 35.9 Å². The Morgan fingerprint density at radius 1 is 1.05 bits per heavy atom. The smallest absolute Gasteiger partial charge is 0.328 e. The molecule has 0 bridgehead atoms. The highest BCUT2D eigenvalue weighted by atomic mass is 32.2. The number of ether oxygens (including phenoxy) is 2. The van der Waals surface area contributed by atoms with E-state index in [2.05, 4.69) is 14.2 Å². The molecule has 8 heteroatoms. The van der Waals surface area contributed by atoms with Crippen LogP contribution in [0.4, 0.5) is 0 Å². The summed E-state index contributed by atoms with van der Waals surface area (Å²) in [7, 11) is -1.86. The number of nitrogens with one attached hydrogen (secondary N) is 1. The summed E-state index contributed by atoms with van der Waals surface area (Å²) < 4.78 is 35.4. The Bertz CT molecular complexity index is 598. The Hall–Kier alpha value is -1.93. The van der Waals surface area contributed by atoms with Gasteiger partial charge in [0.25, 0.3) is 0 Å². The molecule has 0 saturated carbocycles. The van der Waals surface area contributed by atoms with Crippen LogP contribution in [-0.2, 0) is 29.1 Å². The Balaban J connectivity index is 3.08. The van der Waals surface area contributed by atoms with E-state index in [0.717, 1.165) is 14.2 Å². The Kier molecular flexibility index (Phi) is 5.86. The van der Waals surface area contributed by atoms with Gasteiger partial charge in [-0.2, -0.15) is 4.72 Å². The van der Waals surface area contributed by atoms with Crippen molar-refractivity contribution in [2.24, 2.45) is 0 Å². The summed E-state index contributed by atoms with van der Waals surface area (Å²) in [6.45, 7) is 1.17. The van der Waals surface area contributed by atoms with Gasteiger partial charge in [0.1, 0.15) is 6.04 Å². The number of rotatable bonds is 6.